The summed E-state index contributed by atoms with van der Waals surface area (Å²) in [5.74, 6) is 0. The Hall–Kier alpha value is -1.78. The molecule has 2 nitrogen and oxygen atoms in total. The molecule has 102 valence electrons. The number of benzene rings is 1. The Morgan fingerprint density at radius 3 is 2.32 bits per heavy atom. The van der Waals surface area contributed by atoms with Crippen LogP contribution in [0.15, 0.2) is 30.3 Å². The van der Waals surface area contributed by atoms with Crippen molar-refractivity contribution in [3.05, 3.63) is 41.6 Å². The summed E-state index contributed by atoms with van der Waals surface area (Å²) < 4.78 is 39.3. The van der Waals surface area contributed by atoms with Crippen molar-refractivity contribution < 1.29 is 13.2 Å². The number of halogens is 3. The fraction of sp³-hybridized carbons (Fsp3) is 0.357. The van der Waals surface area contributed by atoms with Crippen LogP contribution in [-0.2, 0) is 12.7 Å². The minimum absolute atomic E-state index is 0.638. The van der Waals surface area contributed by atoms with E-state index in [-0.39, 0.29) is 0 Å². The van der Waals surface area contributed by atoms with Gasteiger partial charge in [0, 0.05) is 17.8 Å². The van der Waals surface area contributed by atoms with Gasteiger partial charge in [-0.15, -0.1) is 0 Å². The zero-order valence-corrected chi connectivity index (χ0v) is 10.8. The molecular formula is C14H15F3N2. The number of hydrogen-bond donors (Lipinski definition) is 0. The summed E-state index contributed by atoms with van der Waals surface area (Å²) in [5.41, 5.74) is 1.78. The summed E-state index contributed by atoms with van der Waals surface area (Å²) >= 11 is 0. The first-order valence-corrected chi connectivity index (χ1v) is 6.14. The normalized spacial score (nSPS) is 11.8. The monoisotopic (exact) mass is 268 g/mol. The quantitative estimate of drug-likeness (QED) is 0.812. The number of hydrogen-bond acceptors (Lipinski definition) is 1. The zero-order chi connectivity index (χ0) is 14.0. The van der Waals surface area contributed by atoms with Crippen LogP contribution in [0.1, 0.15) is 24.6 Å². The van der Waals surface area contributed by atoms with Gasteiger partial charge in [-0.1, -0.05) is 19.1 Å². The summed E-state index contributed by atoms with van der Waals surface area (Å²) in [4.78, 5) is 0. The molecule has 1 aromatic heterocycles. The van der Waals surface area contributed by atoms with E-state index in [9.17, 15) is 13.2 Å². The van der Waals surface area contributed by atoms with Crippen molar-refractivity contribution in [3.63, 3.8) is 0 Å². The molecule has 2 rings (SSSR count). The van der Waals surface area contributed by atoms with Crippen LogP contribution in [0.4, 0.5) is 13.2 Å². The van der Waals surface area contributed by atoms with Gasteiger partial charge >= 0.3 is 6.18 Å². The maximum Gasteiger partial charge on any atom is 0.416 e. The van der Waals surface area contributed by atoms with Gasteiger partial charge in [0.2, 0.25) is 0 Å². The molecule has 0 aliphatic heterocycles. The molecular weight excluding hydrogens is 253 g/mol. The highest BCUT2D eigenvalue weighted by molar-refractivity contribution is 5.59. The number of aryl methyl sites for hydroxylation is 2. The van der Waals surface area contributed by atoms with E-state index in [1.165, 1.54) is 12.1 Å². The summed E-state index contributed by atoms with van der Waals surface area (Å²) in [5, 5.41) is 4.40. The average molecular weight is 268 g/mol. The van der Waals surface area contributed by atoms with Gasteiger partial charge in [-0.05, 0) is 31.5 Å². The van der Waals surface area contributed by atoms with E-state index in [0.29, 0.717) is 11.3 Å². The van der Waals surface area contributed by atoms with Crippen molar-refractivity contribution in [1.82, 2.24) is 9.78 Å². The van der Waals surface area contributed by atoms with E-state index in [0.717, 1.165) is 30.8 Å². The second-order valence-electron chi connectivity index (χ2n) is 4.47. The molecule has 19 heavy (non-hydrogen) atoms. The van der Waals surface area contributed by atoms with Gasteiger partial charge in [0.15, 0.2) is 0 Å². The maximum absolute atomic E-state index is 12.5. The molecule has 0 aliphatic rings. The van der Waals surface area contributed by atoms with Crippen LogP contribution < -0.4 is 0 Å². The highest BCUT2D eigenvalue weighted by atomic mass is 19.4. The van der Waals surface area contributed by atoms with Crippen LogP contribution in [0.2, 0.25) is 0 Å². The van der Waals surface area contributed by atoms with Crippen molar-refractivity contribution in [2.45, 2.75) is 33.0 Å². The molecule has 5 heteroatoms. The molecule has 0 bridgehead atoms. The average Bonchev–Trinajstić information content (AvgIpc) is 2.71. The topological polar surface area (TPSA) is 17.8 Å². The largest absolute Gasteiger partial charge is 0.416 e. The molecule has 0 saturated carbocycles. The molecule has 0 unspecified atom stereocenters. The fourth-order valence-corrected chi connectivity index (χ4v) is 1.92. The summed E-state index contributed by atoms with van der Waals surface area (Å²) in [6, 6.07) is 6.98. The molecule has 0 saturated heterocycles. The molecule has 0 fully saturated rings. The fourth-order valence-electron chi connectivity index (χ4n) is 1.92. The van der Waals surface area contributed by atoms with Crippen molar-refractivity contribution in [2.24, 2.45) is 0 Å². The molecule has 2 aromatic rings. The first-order chi connectivity index (χ1) is 8.91. The first-order valence-electron chi connectivity index (χ1n) is 6.14. The van der Waals surface area contributed by atoms with Crippen LogP contribution in [0, 0.1) is 6.92 Å². The van der Waals surface area contributed by atoms with Crippen LogP contribution >= 0.6 is 0 Å². The van der Waals surface area contributed by atoms with Gasteiger partial charge in [-0.2, -0.15) is 18.3 Å². The predicted octanol–water partition coefficient (Wildman–Crippen LogP) is 4.29. The third kappa shape index (κ3) is 2.97. The smallest absolute Gasteiger partial charge is 0.269 e. The first kappa shape index (κ1) is 13.6. The molecule has 0 spiro atoms. The predicted molar refractivity (Wildman–Crippen MR) is 67.7 cm³/mol. The lowest BCUT2D eigenvalue weighted by molar-refractivity contribution is -0.137. The molecule has 0 amide bonds. The standard InChI is InChI=1S/C14H15F3N2/c1-3-8-19-10(2)9-13(18-19)11-4-6-12(7-5-11)14(15,16)17/h4-7,9H,3,8H2,1-2H3. The maximum atomic E-state index is 12.5. The third-order valence-electron chi connectivity index (χ3n) is 2.92. The van der Waals surface area contributed by atoms with Gasteiger partial charge in [-0.25, -0.2) is 0 Å². The summed E-state index contributed by atoms with van der Waals surface area (Å²) in [7, 11) is 0. The van der Waals surface area contributed by atoms with Crippen molar-refractivity contribution in [2.75, 3.05) is 0 Å². The molecule has 0 N–H and O–H groups in total. The van der Waals surface area contributed by atoms with Gasteiger partial charge in [-0.3, -0.25) is 4.68 Å². The minimum Gasteiger partial charge on any atom is -0.269 e. The Morgan fingerprint density at radius 2 is 1.79 bits per heavy atom. The molecule has 1 aromatic carbocycles. The van der Waals surface area contributed by atoms with Gasteiger partial charge in [0.1, 0.15) is 0 Å². The van der Waals surface area contributed by atoms with E-state index in [2.05, 4.69) is 12.0 Å². The molecule has 0 radical (unpaired) electrons. The molecule has 0 aliphatic carbocycles. The zero-order valence-electron chi connectivity index (χ0n) is 10.8. The highest BCUT2D eigenvalue weighted by Crippen LogP contribution is 2.30. The van der Waals surface area contributed by atoms with Crippen LogP contribution in [-0.4, -0.2) is 9.78 Å². The van der Waals surface area contributed by atoms with Crippen LogP contribution in [0.3, 0.4) is 0 Å². The van der Waals surface area contributed by atoms with E-state index < -0.39 is 11.7 Å². The Morgan fingerprint density at radius 1 is 1.16 bits per heavy atom. The second kappa shape index (κ2) is 5.07. The summed E-state index contributed by atoms with van der Waals surface area (Å²) in [6.45, 7) is 4.81. The van der Waals surface area contributed by atoms with Crippen molar-refractivity contribution >= 4 is 0 Å². The number of nitrogens with zero attached hydrogens (tertiary/aromatic N) is 2. The lowest BCUT2D eigenvalue weighted by Crippen LogP contribution is -2.04. The van der Waals surface area contributed by atoms with E-state index in [1.54, 1.807) is 0 Å². The van der Waals surface area contributed by atoms with E-state index in [1.807, 2.05) is 17.7 Å². The molecule has 0 atom stereocenters. The number of aromatic nitrogens is 2. The Balaban J connectivity index is 2.30. The lowest BCUT2D eigenvalue weighted by Gasteiger charge is -2.06. The van der Waals surface area contributed by atoms with Crippen LogP contribution in [0.5, 0.6) is 0 Å². The van der Waals surface area contributed by atoms with Gasteiger partial charge < -0.3 is 0 Å². The van der Waals surface area contributed by atoms with Gasteiger partial charge in [0.05, 0.1) is 11.3 Å². The molecule has 1 heterocycles. The van der Waals surface area contributed by atoms with Crippen molar-refractivity contribution in [1.29, 1.82) is 0 Å². The Bertz CT molecular complexity index is 553. The highest BCUT2D eigenvalue weighted by Gasteiger charge is 2.30. The summed E-state index contributed by atoms with van der Waals surface area (Å²) in [6.07, 6.45) is -3.33. The number of rotatable bonds is 3. The van der Waals surface area contributed by atoms with E-state index >= 15 is 0 Å². The van der Waals surface area contributed by atoms with Crippen molar-refractivity contribution in [3.8, 4) is 11.3 Å². The second-order valence-corrected chi connectivity index (χ2v) is 4.47. The van der Waals surface area contributed by atoms with Crippen LogP contribution in [0.25, 0.3) is 11.3 Å². The minimum atomic E-state index is -4.30. The van der Waals surface area contributed by atoms with Gasteiger partial charge in [0.25, 0.3) is 0 Å². The Labute approximate surface area is 109 Å². The number of alkyl halides is 3. The van der Waals surface area contributed by atoms with E-state index in [4.69, 9.17) is 0 Å². The lowest BCUT2D eigenvalue weighted by atomic mass is 10.1. The Kier molecular flexibility index (Phi) is 3.64. The SMILES string of the molecule is CCCn1nc(-c2ccc(C(F)(F)F)cc2)cc1C. The third-order valence-corrected chi connectivity index (χ3v) is 2.92.